The van der Waals surface area contributed by atoms with Crippen LogP contribution in [0, 0.1) is 17.8 Å². The van der Waals surface area contributed by atoms with Gasteiger partial charge in [0.25, 0.3) is 0 Å². The Morgan fingerprint density at radius 3 is 2.62 bits per heavy atom. The maximum absolute atomic E-state index is 12.8. The fourth-order valence-electron chi connectivity index (χ4n) is 6.09. The van der Waals surface area contributed by atoms with Gasteiger partial charge in [0.2, 0.25) is 0 Å². The maximum Gasteiger partial charge on any atom is 0.309 e. The van der Waals surface area contributed by atoms with Gasteiger partial charge < -0.3 is 29.2 Å². The van der Waals surface area contributed by atoms with Crippen molar-refractivity contribution in [3.8, 4) is 0 Å². The lowest BCUT2D eigenvalue weighted by atomic mass is 9.89. The van der Waals surface area contributed by atoms with E-state index in [0.717, 1.165) is 24.0 Å². The van der Waals surface area contributed by atoms with Crippen molar-refractivity contribution in [2.75, 3.05) is 0 Å². The van der Waals surface area contributed by atoms with Gasteiger partial charge in [-0.15, -0.1) is 0 Å². The summed E-state index contributed by atoms with van der Waals surface area (Å²) >= 11 is 0. The number of rotatable bonds is 9. The average Bonchev–Trinajstić information content (AvgIpc) is 3.65. The molecule has 2 saturated heterocycles. The molecular formula is C35H50O7. The van der Waals surface area contributed by atoms with Crippen molar-refractivity contribution in [1.82, 2.24) is 0 Å². The topological polar surface area (TPSA) is 97.8 Å². The molecule has 1 aromatic carbocycles. The zero-order chi connectivity index (χ0) is 30.4. The molecule has 0 radical (unpaired) electrons. The normalized spacial score (nSPS) is 37.2. The third-order valence-corrected chi connectivity index (χ3v) is 9.04. The second kappa shape index (κ2) is 14.5. The fraction of sp³-hybridized carbons (Fsp3) is 0.629. The second-order valence-electron chi connectivity index (χ2n) is 12.8. The first-order valence-electron chi connectivity index (χ1n) is 15.6. The maximum atomic E-state index is 12.8. The van der Waals surface area contributed by atoms with Crippen molar-refractivity contribution in [1.29, 1.82) is 0 Å². The summed E-state index contributed by atoms with van der Waals surface area (Å²) in [7, 11) is 0. The van der Waals surface area contributed by atoms with Crippen molar-refractivity contribution in [3.63, 3.8) is 0 Å². The summed E-state index contributed by atoms with van der Waals surface area (Å²) in [6, 6.07) is 9.86. The molecule has 0 saturated carbocycles. The van der Waals surface area contributed by atoms with Gasteiger partial charge in [0.05, 0.1) is 36.4 Å². The smallest absolute Gasteiger partial charge is 0.309 e. The molecule has 7 nitrogen and oxygen atoms in total. The Morgan fingerprint density at radius 1 is 1.17 bits per heavy atom. The Labute approximate surface area is 251 Å². The molecule has 4 rings (SSSR count). The molecule has 0 aliphatic carbocycles. The van der Waals surface area contributed by atoms with Gasteiger partial charge >= 0.3 is 5.97 Å². The number of cyclic esters (lactones) is 1. The summed E-state index contributed by atoms with van der Waals surface area (Å²) < 4.78 is 24.6. The predicted octanol–water partition coefficient (Wildman–Crippen LogP) is 6.21. The van der Waals surface area contributed by atoms with Crippen molar-refractivity contribution in [3.05, 3.63) is 71.8 Å². The van der Waals surface area contributed by atoms with E-state index in [1.807, 2.05) is 76.3 Å². The number of epoxide rings is 1. The van der Waals surface area contributed by atoms with Crippen molar-refractivity contribution in [2.45, 2.75) is 122 Å². The van der Waals surface area contributed by atoms with E-state index < -0.39 is 30.1 Å². The van der Waals surface area contributed by atoms with Crippen LogP contribution in [0.1, 0.15) is 85.5 Å². The van der Waals surface area contributed by atoms with E-state index in [-0.39, 0.29) is 42.7 Å². The first kappa shape index (κ1) is 32.6. The Balaban J connectivity index is 1.44. The standard InChI is InChI=1S/C35H50O7/c1-7-28(37)25(5)33-29(39-33)20-22(2)12-11-13-23(3)32-24(4)16-17-30-35(6,19-18-27(36)21-31(38)41-32)42-34(40-30)26-14-9-8-10-15-26/h8-17,22,24-25,27-30,32-34,36-37H,7,18-21H2,1-6H3/b12-11+,17-16+,23-13+/t22-,24+,25-,27-,28+,29-,30+,32-,33-,34+,35-/m1/s1. The summed E-state index contributed by atoms with van der Waals surface area (Å²) in [5.74, 6) is -0.0870. The Morgan fingerprint density at radius 2 is 1.90 bits per heavy atom. The van der Waals surface area contributed by atoms with Crippen molar-refractivity contribution >= 4 is 5.97 Å². The highest BCUT2D eigenvalue weighted by molar-refractivity contribution is 5.70. The van der Waals surface area contributed by atoms with Crippen LogP contribution in [0.2, 0.25) is 0 Å². The van der Waals surface area contributed by atoms with Crippen LogP contribution in [-0.2, 0) is 23.7 Å². The second-order valence-corrected chi connectivity index (χ2v) is 12.8. The third-order valence-electron chi connectivity index (χ3n) is 9.04. The molecule has 0 unspecified atom stereocenters. The molecule has 3 aliphatic heterocycles. The number of fused-ring (bicyclic) bond motifs is 1. The lowest BCUT2D eigenvalue weighted by Crippen LogP contribution is -2.37. The first-order chi connectivity index (χ1) is 20.0. The van der Waals surface area contributed by atoms with E-state index in [0.29, 0.717) is 18.8 Å². The lowest BCUT2D eigenvalue weighted by molar-refractivity contribution is -0.151. The number of esters is 1. The number of allylic oxidation sites excluding steroid dienone is 3. The van der Waals surface area contributed by atoms with Gasteiger partial charge in [-0.1, -0.05) is 88.4 Å². The summed E-state index contributed by atoms with van der Waals surface area (Å²) in [6.07, 6.45) is 10.6. The monoisotopic (exact) mass is 582 g/mol. The Bertz CT molecular complexity index is 1110. The molecule has 2 fully saturated rings. The third kappa shape index (κ3) is 8.42. The number of carbonyl (C=O) groups is 1. The van der Waals surface area contributed by atoms with E-state index in [2.05, 4.69) is 26.0 Å². The molecule has 0 aromatic heterocycles. The molecule has 7 heteroatoms. The summed E-state index contributed by atoms with van der Waals surface area (Å²) in [5.41, 5.74) is 1.23. The average molecular weight is 583 g/mol. The van der Waals surface area contributed by atoms with Crippen molar-refractivity contribution < 1.29 is 34.0 Å². The van der Waals surface area contributed by atoms with Gasteiger partial charge in [0.1, 0.15) is 12.2 Å². The fourth-order valence-corrected chi connectivity index (χ4v) is 6.09. The zero-order valence-electron chi connectivity index (χ0n) is 26.0. The largest absolute Gasteiger partial charge is 0.457 e. The van der Waals surface area contributed by atoms with E-state index in [4.69, 9.17) is 18.9 Å². The highest BCUT2D eigenvalue weighted by atomic mass is 16.7. The van der Waals surface area contributed by atoms with Crippen LogP contribution in [0.3, 0.4) is 0 Å². The molecule has 0 amide bonds. The summed E-state index contributed by atoms with van der Waals surface area (Å²) in [6.45, 7) is 12.2. The zero-order valence-corrected chi connectivity index (χ0v) is 26.0. The molecule has 3 aliphatic rings. The van der Waals surface area contributed by atoms with Crippen LogP contribution < -0.4 is 0 Å². The number of benzene rings is 1. The van der Waals surface area contributed by atoms with E-state index in [1.165, 1.54) is 0 Å². The summed E-state index contributed by atoms with van der Waals surface area (Å²) in [5, 5.41) is 20.8. The summed E-state index contributed by atoms with van der Waals surface area (Å²) in [4.78, 5) is 12.8. The molecule has 11 atom stereocenters. The highest BCUT2D eigenvalue weighted by Gasteiger charge is 2.46. The molecule has 2 N–H and O–H groups in total. The number of carbonyl (C=O) groups excluding carboxylic acids is 1. The van der Waals surface area contributed by atoms with Gasteiger partial charge in [-0.3, -0.25) is 4.79 Å². The SMILES string of the molecule is CC[C@H](O)[C@@H](C)[C@H]1O[C@@H]1C[C@H](C)/C=C/C=C(\C)[C@H]1OC(=O)C[C@H](O)CC[C@@]2(C)O[C@@H](c3ccccc3)O[C@H]2/C=C/[C@@H]1C. The number of aliphatic hydroxyl groups is 2. The minimum absolute atomic E-state index is 0.0650. The van der Waals surface area contributed by atoms with E-state index in [1.54, 1.807) is 0 Å². The number of aliphatic hydroxyl groups excluding tert-OH is 2. The van der Waals surface area contributed by atoms with Crippen LogP contribution in [0.15, 0.2) is 66.3 Å². The minimum atomic E-state index is -0.826. The molecule has 1 aromatic rings. The molecule has 0 bridgehead atoms. The minimum Gasteiger partial charge on any atom is -0.457 e. The highest BCUT2D eigenvalue weighted by Crippen LogP contribution is 2.42. The number of hydrogen-bond donors (Lipinski definition) is 2. The first-order valence-corrected chi connectivity index (χ1v) is 15.6. The van der Waals surface area contributed by atoms with Crippen LogP contribution in [0.25, 0.3) is 0 Å². The van der Waals surface area contributed by atoms with E-state index >= 15 is 0 Å². The van der Waals surface area contributed by atoms with E-state index in [9.17, 15) is 15.0 Å². The molecule has 0 spiro atoms. The van der Waals surface area contributed by atoms with Crippen LogP contribution in [0.5, 0.6) is 0 Å². The molecule has 232 valence electrons. The quantitative estimate of drug-likeness (QED) is 0.155. The van der Waals surface area contributed by atoms with Crippen LogP contribution in [-0.4, -0.2) is 58.4 Å². The molecular weight excluding hydrogens is 532 g/mol. The van der Waals surface area contributed by atoms with Gasteiger partial charge in [0.15, 0.2) is 6.29 Å². The lowest BCUT2D eigenvalue weighted by Gasteiger charge is -2.30. The number of hydrogen-bond acceptors (Lipinski definition) is 7. The van der Waals surface area contributed by atoms with Gasteiger partial charge in [0, 0.05) is 17.4 Å². The number of ether oxygens (including phenoxy) is 4. The predicted molar refractivity (Wildman–Crippen MR) is 162 cm³/mol. The van der Waals surface area contributed by atoms with Gasteiger partial charge in [-0.25, -0.2) is 0 Å². The molecule has 42 heavy (non-hydrogen) atoms. The Kier molecular flexibility index (Phi) is 11.2. The Hall–Kier alpha value is -2.29. The van der Waals surface area contributed by atoms with Crippen molar-refractivity contribution in [2.24, 2.45) is 17.8 Å². The van der Waals surface area contributed by atoms with Crippen LogP contribution in [0.4, 0.5) is 0 Å². The van der Waals surface area contributed by atoms with Gasteiger partial charge in [-0.05, 0) is 51.0 Å². The molecule has 3 heterocycles. The van der Waals surface area contributed by atoms with Gasteiger partial charge in [-0.2, -0.15) is 0 Å². The van der Waals surface area contributed by atoms with Crippen LogP contribution >= 0.6 is 0 Å².